The molecule has 1 aliphatic carbocycles. The quantitative estimate of drug-likeness (QED) is 0.711. The van der Waals surface area contributed by atoms with Gasteiger partial charge in [-0.1, -0.05) is 24.3 Å². The number of benzene rings is 1. The predicted molar refractivity (Wildman–Crippen MR) is 100 cm³/mol. The van der Waals surface area contributed by atoms with Gasteiger partial charge in [-0.25, -0.2) is 4.98 Å². The van der Waals surface area contributed by atoms with Crippen molar-refractivity contribution in [2.45, 2.75) is 37.6 Å². The number of aromatic nitrogens is 2. The van der Waals surface area contributed by atoms with Crippen molar-refractivity contribution >= 4 is 16.3 Å². The fourth-order valence-electron chi connectivity index (χ4n) is 4.62. The first kappa shape index (κ1) is 15.3. The van der Waals surface area contributed by atoms with Crippen LogP contribution < -0.4 is 5.56 Å². The van der Waals surface area contributed by atoms with Crippen molar-refractivity contribution in [3.63, 3.8) is 0 Å². The molecule has 1 aromatic carbocycles. The highest BCUT2D eigenvalue weighted by Gasteiger charge is 2.40. The molecule has 1 aliphatic heterocycles. The fourth-order valence-corrected chi connectivity index (χ4v) is 5.36. The summed E-state index contributed by atoms with van der Waals surface area (Å²) in [5.41, 5.74) is 4.45. The van der Waals surface area contributed by atoms with Crippen LogP contribution in [0.3, 0.4) is 0 Å². The van der Waals surface area contributed by atoms with Crippen molar-refractivity contribution in [1.82, 2.24) is 14.3 Å². The second-order valence-electron chi connectivity index (χ2n) is 7.35. The van der Waals surface area contributed by atoms with Gasteiger partial charge in [0.1, 0.15) is 0 Å². The summed E-state index contributed by atoms with van der Waals surface area (Å²) in [5.74, 6) is 0. The van der Waals surface area contributed by atoms with Crippen LogP contribution in [0.2, 0.25) is 0 Å². The molecule has 5 heteroatoms. The van der Waals surface area contributed by atoms with Crippen LogP contribution >= 0.6 is 11.3 Å². The van der Waals surface area contributed by atoms with Gasteiger partial charge in [0, 0.05) is 24.2 Å². The monoisotopic (exact) mass is 351 g/mol. The molecule has 0 saturated carbocycles. The Morgan fingerprint density at radius 3 is 2.88 bits per heavy atom. The van der Waals surface area contributed by atoms with Gasteiger partial charge in [0.05, 0.1) is 5.69 Å². The minimum Gasteiger partial charge on any atom is -0.297 e. The fraction of sp³-hybridized carbons (Fsp3) is 0.400. The highest BCUT2D eigenvalue weighted by atomic mass is 32.1. The lowest BCUT2D eigenvalue weighted by Crippen LogP contribution is -2.41. The summed E-state index contributed by atoms with van der Waals surface area (Å²) in [6, 6.07) is 10.7. The Morgan fingerprint density at radius 2 is 2.00 bits per heavy atom. The van der Waals surface area contributed by atoms with Crippen molar-refractivity contribution in [2.24, 2.45) is 0 Å². The number of fused-ring (bicyclic) bond motifs is 3. The number of hydrogen-bond donors (Lipinski definition) is 0. The first-order chi connectivity index (χ1) is 12.2. The van der Waals surface area contributed by atoms with E-state index in [1.807, 2.05) is 5.38 Å². The van der Waals surface area contributed by atoms with E-state index in [2.05, 4.69) is 34.1 Å². The van der Waals surface area contributed by atoms with Crippen molar-refractivity contribution in [3.05, 3.63) is 69.1 Å². The molecule has 0 N–H and O–H groups in total. The molecular formula is C20H21N3OS. The minimum absolute atomic E-state index is 0.0273. The topological polar surface area (TPSA) is 37.6 Å². The van der Waals surface area contributed by atoms with E-state index in [9.17, 15) is 4.79 Å². The van der Waals surface area contributed by atoms with E-state index < -0.39 is 0 Å². The number of piperidine rings is 1. The second kappa shape index (κ2) is 5.78. The number of nitrogens with zero attached hydrogens (tertiary/aromatic N) is 3. The molecule has 128 valence electrons. The van der Waals surface area contributed by atoms with Crippen LogP contribution in [0.5, 0.6) is 0 Å². The summed E-state index contributed by atoms with van der Waals surface area (Å²) in [6.45, 7) is 2.95. The van der Waals surface area contributed by atoms with E-state index >= 15 is 0 Å². The predicted octanol–water partition coefficient (Wildman–Crippen LogP) is 3.24. The van der Waals surface area contributed by atoms with Crippen LogP contribution in [-0.2, 0) is 18.4 Å². The molecule has 1 spiro atoms. The van der Waals surface area contributed by atoms with Crippen LogP contribution in [0.15, 0.2) is 46.7 Å². The second-order valence-corrected chi connectivity index (χ2v) is 8.23. The molecule has 0 amide bonds. The molecule has 0 radical (unpaired) electrons. The Kier molecular flexibility index (Phi) is 3.54. The average Bonchev–Trinajstić information content (AvgIpc) is 3.24. The summed E-state index contributed by atoms with van der Waals surface area (Å²) >= 11 is 1.52. The van der Waals surface area contributed by atoms with E-state index in [1.165, 1.54) is 37.0 Å². The van der Waals surface area contributed by atoms with Crippen molar-refractivity contribution in [1.29, 1.82) is 0 Å². The first-order valence-electron chi connectivity index (χ1n) is 9.00. The molecule has 4 nitrogen and oxygen atoms in total. The van der Waals surface area contributed by atoms with E-state index in [1.54, 1.807) is 27.8 Å². The van der Waals surface area contributed by atoms with Gasteiger partial charge in [0.15, 0.2) is 4.96 Å². The Morgan fingerprint density at radius 1 is 1.16 bits per heavy atom. The molecule has 1 saturated heterocycles. The zero-order chi connectivity index (χ0) is 16.9. The third-order valence-electron chi connectivity index (χ3n) is 6.02. The zero-order valence-electron chi connectivity index (χ0n) is 14.1. The van der Waals surface area contributed by atoms with Gasteiger partial charge in [-0.2, -0.15) is 0 Å². The zero-order valence-corrected chi connectivity index (χ0v) is 15.0. The summed E-state index contributed by atoms with van der Waals surface area (Å²) < 4.78 is 1.62. The maximum absolute atomic E-state index is 12.2. The van der Waals surface area contributed by atoms with Gasteiger partial charge >= 0.3 is 0 Å². The minimum atomic E-state index is 0.0273. The molecule has 2 aromatic heterocycles. The Bertz CT molecular complexity index is 982. The van der Waals surface area contributed by atoms with Crippen LogP contribution in [-0.4, -0.2) is 27.4 Å². The van der Waals surface area contributed by atoms with E-state index in [0.29, 0.717) is 5.41 Å². The van der Waals surface area contributed by atoms with Gasteiger partial charge in [-0.15, -0.1) is 11.3 Å². The lowest BCUT2D eigenvalue weighted by atomic mass is 9.74. The Labute approximate surface area is 150 Å². The number of hydrogen-bond acceptors (Lipinski definition) is 4. The molecular weight excluding hydrogens is 330 g/mol. The van der Waals surface area contributed by atoms with Gasteiger partial charge < -0.3 is 0 Å². The highest BCUT2D eigenvalue weighted by Crippen LogP contribution is 2.46. The number of thiazole rings is 1. The first-order valence-corrected chi connectivity index (χ1v) is 9.88. The van der Waals surface area contributed by atoms with Crippen molar-refractivity contribution < 1.29 is 0 Å². The summed E-state index contributed by atoms with van der Waals surface area (Å²) in [5, 5.41) is 1.91. The van der Waals surface area contributed by atoms with Gasteiger partial charge in [-0.3, -0.25) is 14.1 Å². The van der Waals surface area contributed by atoms with Crippen molar-refractivity contribution in [2.75, 3.05) is 13.1 Å². The van der Waals surface area contributed by atoms with Crippen LogP contribution in [0.1, 0.15) is 36.1 Å². The third kappa shape index (κ3) is 2.53. The lowest BCUT2D eigenvalue weighted by molar-refractivity contribution is 0.151. The molecule has 25 heavy (non-hydrogen) atoms. The van der Waals surface area contributed by atoms with Gasteiger partial charge in [0.25, 0.3) is 5.56 Å². The lowest BCUT2D eigenvalue weighted by Gasteiger charge is -2.40. The van der Waals surface area contributed by atoms with E-state index in [-0.39, 0.29) is 5.56 Å². The molecule has 0 unspecified atom stereocenters. The highest BCUT2D eigenvalue weighted by molar-refractivity contribution is 7.15. The molecule has 2 aliphatic rings. The van der Waals surface area contributed by atoms with Crippen LogP contribution in [0, 0.1) is 0 Å². The number of rotatable bonds is 2. The molecule has 5 rings (SSSR count). The van der Waals surface area contributed by atoms with Crippen LogP contribution in [0.25, 0.3) is 4.96 Å². The van der Waals surface area contributed by atoms with E-state index in [0.717, 1.165) is 30.3 Å². The average molecular weight is 351 g/mol. The number of aryl methyl sites for hydroxylation is 1. The van der Waals surface area contributed by atoms with Gasteiger partial charge in [-0.05, 0) is 55.3 Å². The van der Waals surface area contributed by atoms with Gasteiger partial charge in [0.2, 0.25) is 0 Å². The third-order valence-corrected chi connectivity index (χ3v) is 6.77. The molecule has 1 fully saturated rings. The van der Waals surface area contributed by atoms with Crippen LogP contribution in [0.4, 0.5) is 0 Å². The molecule has 3 heterocycles. The smallest absolute Gasteiger partial charge is 0.258 e. The molecule has 0 atom stereocenters. The maximum atomic E-state index is 12.2. The normalized spacial score (nSPS) is 19.5. The van der Waals surface area contributed by atoms with Crippen molar-refractivity contribution in [3.8, 4) is 0 Å². The maximum Gasteiger partial charge on any atom is 0.258 e. The standard InChI is InChI=1S/C20H21N3OS/c24-18-13-16(21-19-23(18)11-12-25-19)14-22-9-7-20(8-10-22)6-5-15-3-1-2-4-17(15)20/h1-4,11-13H,5-10,14H2. The summed E-state index contributed by atoms with van der Waals surface area (Å²) in [7, 11) is 0. The Balaban J connectivity index is 1.33. The molecule has 3 aromatic rings. The van der Waals surface area contributed by atoms with E-state index in [4.69, 9.17) is 0 Å². The Hall–Kier alpha value is -1.98. The summed E-state index contributed by atoms with van der Waals surface area (Å²) in [6.07, 6.45) is 6.74. The SMILES string of the molecule is O=c1cc(CN2CCC3(CCc4ccccc43)CC2)nc2sccn12. The summed E-state index contributed by atoms with van der Waals surface area (Å²) in [4.78, 5) is 20.1. The molecule has 0 bridgehead atoms. The largest absolute Gasteiger partial charge is 0.297 e. The number of likely N-dealkylation sites (tertiary alicyclic amines) is 1.